The first-order chi connectivity index (χ1) is 6.57. The van der Waals surface area contributed by atoms with Crippen molar-refractivity contribution < 1.29 is 14.0 Å². The number of pyridine rings is 1. The van der Waals surface area contributed by atoms with E-state index in [1.165, 1.54) is 26.4 Å². The molecule has 0 fully saturated rings. The minimum Gasteiger partial charge on any atom is -0.274 e. The summed E-state index contributed by atoms with van der Waals surface area (Å²) in [6.07, 6.45) is 1.34. The number of hydroxylamine groups is 2. The van der Waals surface area contributed by atoms with Gasteiger partial charge in [0, 0.05) is 13.2 Å². The van der Waals surface area contributed by atoms with Crippen LogP contribution in [-0.4, -0.2) is 30.1 Å². The topological polar surface area (TPSA) is 42.4 Å². The lowest BCUT2D eigenvalue weighted by atomic mass is 10.2. The van der Waals surface area contributed by atoms with Gasteiger partial charge in [-0.2, -0.15) is 0 Å². The quantitative estimate of drug-likeness (QED) is 0.601. The number of nitrogens with zero attached hydrogens (tertiary/aromatic N) is 2. The molecule has 0 aliphatic heterocycles. The summed E-state index contributed by atoms with van der Waals surface area (Å²) in [5.41, 5.74) is -0.0868. The summed E-state index contributed by atoms with van der Waals surface area (Å²) in [7, 11) is 2.72. The number of carbonyl (C=O) groups excluding carboxylic acids is 1. The SMILES string of the molecule is CON(C)C(=O)c1ccnc(Br)c1F. The van der Waals surface area contributed by atoms with E-state index >= 15 is 0 Å². The van der Waals surface area contributed by atoms with Crippen molar-refractivity contribution in [3.05, 3.63) is 28.2 Å². The Kier molecular flexibility index (Phi) is 3.54. The number of rotatable bonds is 2. The van der Waals surface area contributed by atoms with Crippen LogP contribution in [-0.2, 0) is 4.84 Å². The lowest BCUT2D eigenvalue weighted by Crippen LogP contribution is -2.26. The highest BCUT2D eigenvalue weighted by atomic mass is 79.9. The minimum atomic E-state index is -0.693. The summed E-state index contributed by atoms with van der Waals surface area (Å²) >= 11 is 2.89. The lowest BCUT2D eigenvalue weighted by molar-refractivity contribution is -0.0759. The zero-order valence-corrected chi connectivity index (χ0v) is 9.21. The summed E-state index contributed by atoms with van der Waals surface area (Å²) in [6.45, 7) is 0. The normalized spacial score (nSPS) is 10.0. The van der Waals surface area contributed by atoms with E-state index in [4.69, 9.17) is 0 Å². The molecule has 6 heteroatoms. The number of hydrogen-bond donors (Lipinski definition) is 0. The average molecular weight is 263 g/mol. The van der Waals surface area contributed by atoms with Gasteiger partial charge >= 0.3 is 0 Å². The Hall–Kier alpha value is -1.01. The molecule has 0 atom stereocenters. The van der Waals surface area contributed by atoms with E-state index in [-0.39, 0.29) is 10.2 Å². The Morgan fingerprint density at radius 1 is 1.71 bits per heavy atom. The molecule has 76 valence electrons. The van der Waals surface area contributed by atoms with Gasteiger partial charge in [-0.1, -0.05) is 0 Å². The molecule has 14 heavy (non-hydrogen) atoms. The van der Waals surface area contributed by atoms with Crippen molar-refractivity contribution in [2.45, 2.75) is 0 Å². The molecular formula is C8H8BrFN2O2. The molecule has 0 saturated carbocycles. The summed E-state index contributed by atoms with van der Waals surface area (Å²) in [4.78, 5) is 19.7. The van der Waals surface area contributed by atoms with Crippen molar-refractivity contribution in [2.24, 2.45) is 0 Å². The molecule has 0 aromatic carbocycles. The van der Waals surface area contributed by atoms with Crippen LogP contribution in [0.5, 0.6) is 0 Å². The second-order valence-electron chi connectivity index (χ2n) is 2.45. The van der Waals surface area contributed by atoms with Crippen molar-refractivity contribution in [3.63, 3.8) is 0 Å². The fourth-order valence-electron chi connectivity index (χ4n) is 0.836. The Morgan fingerprint density at radius 2 is 2.36 bits per heavy atom. The molecule has 1 heterocycles. The number of amides is 1. The van der Waals surface area contributed by atoms with Crippen LogP contribution in [0.15, 0.2) is 16.9 Å². The van der Waals surface area contributed by atoms with Gasteiger partial charge in [0.15, 0.2) is 5.82 Å². The third kappa shape index (κ3) is 2.08. The molecule has 0 saturated heterocycles. The van der Waals surface area contributed by atoms with Crippen molar-refractivity contribution in [2.75, 3.05) is 14.2 Å². The van der Waals surface area contributed by atoms with Crippen LogP contribution in [0, 0.1) is 5.82 Å². The predicted molar refractivity (Wildman–Crippen MR) is 51.0 cm³/mol. The monoisotopic (exact) mass is 262 g/mol. The smallest absolute Gasteiger partial charge is 0.274 e. The number of carbonyl (C=O) groups is 1. The molecule has 0 unspecified atom stereocenters. The second kappa shape index (κ2) is 4.47. The third-order valence-electron chi connectivity index (χ3n) is 1.64. The van der Waals surface area contributed by atoms with Crippen LogP contribution in [0.1, 0.15) is 10.4 Å². The number of hydrogen-bond acceptors (Lipinski definition) is 3. The molecule has 1 aromatic heterocycles. The zero-order valence-electron chi connectivity index (χ0n) is 7.62. The Labute approximate surface area is 88.8 Å². The summed E-state index contributed by atoms with van der Waals surface area (Å²) in [5.74, 6) is -1.26. The first-order valence-corrected chi connectivity index (χ1v) is 4.49. The molecule has 0 N–H and O–H groups in total. The maximum Gasteiger partial charge on any atom is 0.280 e. The first-order valence-electron chi connectivity index (χ1n) is 3.70. The van der Waals surface area contributed by atoms with Gasteiger partial charge < -0.3 is 0 Å². The highest BCUT2D eigenvalue weighted by molar-refractivity contribution is 9.10. The molecule has 1 rings (SSSR count). The Morgan fingerprint density at radius 3 is 2.93 bits per heavy atom. The molecule has 0 radical (unpaired) electrons. The fourth-order valence-corrected chi connectivity index (χ4v) is 1.17. The molecule has 0 bridgehead atoms. The van der Waals surface area contributed by atoms with Gasteiger partial charge in [0.2, 0.25) is 0 Å². The van der Waals surface area contributed by atoms with Gasteiger partial charge in [-0.15, -0.1) is 0 Å². The van der Waals surface area contributed by atoms with Gasteiger partial charge in [0.25, 0.3) is 5.91 Å². The zero-order chi connectivity index (χ0) is 10.7. The predicted octanol–water partition coefficient (Wildman–Crippen LogP) is 1.62. The molecule has 1 amide bonds. The van der Waals surface area contributed by atoms with Crippen molar-refractivity contribution in [1.82, 2.24) is 10.0 Å². The van der Waals surface area contributed by atoms with Gasteiger partial charge in [0.1, 0.15) is 4.60 Å². The van der Waals surface area contributed by atoms with Gasteiger partial charge in [0.05, 0.1) is 12.7 Å². The van der Waals surface area contributed by atoms with Crippen LogP contribution in [0.4, 0.5) is 4.39 Å². The largest absolute Gasteiger partial charge is 0.280 e. The van der Waals surface area contributed by atoms with Gasteiger partial charge in [-0.25, -0.2) is 14.4 Å². The maximum atomic E-state index is 13.3. The van der Waals surface area contributed by atoms with E-state index in [0.717, 1.165) is 5.06 Å². The highest BCUT2D eigenvalue weighted by Gasteiger charge is 2.18. The van der Waals surface area contributed by atoms with E-state index in [9.17, 15) is 9.18 Å². The molecule has 0 aliphatic rings. The summed E-state index contributed by atoms with van der Waals surface area (Å²) in [5, 5.41) is 0.935. The van der Waals surface area contributed by atoms with E-state index in [1.807, 2.05) is 0 Å². The van der Waals surface area contributed by atoms with E-state index in [0.29, 0.717) is 0 Å². The number of halogens is 2. The second-order valence-corrected chi connectivity index (χ2v) is 3.20. The average Bonchev–Trinajstić information content (AvgIpc) is 2.20. The van der Waals surface area contributed by atoms with Crippen molar-refractivity contribution in [1.29, 1.82) is 0 Å². The van der Waals surface area contributed by atoms with E-state index in [1.54, 1.807) is 0 Å². The number of aromatic nitrogens is 1. The molecular weight excluding hydrogens is 255 g/mol. The summed E-state index contributed by atoms with van der Waals surface area (Å²) in [6, 6.07) is 1.29. The first kappa shape index (κ1) is 11.1. The van der Waals surface area contributed by atoms with Crippen LogP contribution < -0.4 is 0 Å². The molecule has 0 aliphatic carbocycles. The van der Waals surface area contributed by atoms with Crippen LogP contribution in [0.2, 0.25) is 0 Å². The van der Waals surface area contributed by atoms with Crippen molar-refractivity contribution >= 4 is 21.8 Å². The maximum absolute atomic E-state index is 13.3. The summed E-state index contributed by atoms with van der Waals surface area (Å²) < 4.78 is 13.3. The molecule has 4 nitrogen and oxygen atoms in total. The lowest BCUT2D eigenvalue weighted by Gasteiger charge is -2.13. The van der Waals surface area contributed by atoms with Gasteiger partial charge in [-0.3, -0.25) is 9.63 Å². The van der Waals surface area contributed by atoms with Crippen LogP contribution in [0.25, 0.3) is 0 Å². The molecule has 1 aromatic rings. The van der Waals surface area contributed by atoms with E-state index < -0.39 is 11.7 Å². The van der Waals surface area contributed by atoms with Crippen LogP contribution in [0.3, 0.4) is 0 Å². The highest BCUT2D eigenvalue weighted by Crippen LogP contribution is 2.16. The minimum absolute atomic E-state index is 0.00727. The third-order valence-corrected chi connectivity index (χ3v) is 2.19. The fraction of sp³-hybridized carbons (Fsp3) is 0.250. The molecule has 0 spiro atoms. The van der Waals surface area contributed by atoms with E-state index in [2.05, 4.69) is 25.8 Å². The van der Waals surface area contributed by atoms with Gasteiger partial charge in [-0.05, 0) is 22.0 Å². The Balaban J connectivity index is 3.07. The standard InChI is InChI=1S/C8H8BrFN2O2/c1-12(14-2)8(13)5-3-4-11-7(9)6(5)10/h3-4H,1-2H3. The Bertz CT molecular complexity index is 359. The van der Waals surface area contributed by atoms with Crippen molar-refractivity contribution in [3.8, 4) is 0 Å². The van der Waals surface area contributed by atoms with Crippen LogP contribution >= 0.6 is 15.9 Å².